The van der Waals surface area contributed by atoms with Gasteiger partial charge in [-0.3, -0.25) is 4.98 Å². The second kappa shape index (κ2) is 5.63. The van der Waals surface area contributed by atoms with Crippen molar-refractivity contribution in [1.29, 1.82) is 0 Å². The number of hydrogen-bond acceptors (Lipinski definition) is 2. The highest BCUT2D eigenvalue weighted by Gasteiger charge is 2.09. The standard InChI is InChI=1S/C17H21N3/c1-19(2)11-5-6-12-20-16-8-4-3-7-14(16)15-9-10-18-13-17(15)20/h3-4,7-10,13H,5-6,11-12H2,1-2H3. The summed E-state index contributed by atoms with van der Waals surface area (Å²) in [7, 11) is 4.26. The fraction of sp³-hybridized carbons (Fsp3) is 0.353. The molecule has 104 valence electrons. The van der Waals surface area contributed by atoms with Gasteiger partial charge in [0.15, 0.2) is 0 Å². The number of aryl methyl sites for hydroxylation is 1. The van der Waals surface area contributed by atoms with Crippen molar-refractivity contribution < 1.29 is 0 Å². The van der Waals surface area contributed by atoms with E-state index in [9.17, 15) is 0 Å². The van der Waals surface area contributed by atoms with Crippen LogP contribution in [0.2, 0.25) is 0 Å². The summed E-state index contributed by atoms with van der Waals surface area (Å²) >= 11 is 0. The molecule has 0 atom stereocenters. The largest absolute Gasteiger partial charge is 0.339 e. The molecule has 1 aromatic carbocycles. The van der Waals surface area contributed by atoms with Gasteiger partial charge in [0.05, 0.1) is 11.7 Å². The minimum Gasteiger partial charge on any atom is -0.339 e. The molecule has 0 unspecified atom stereocenters. The molecule has 0 aliphatic rings. The van der Waals surface area contributed by atoms with E-state index in [4.69, 9.17) is 0 Å². The molecule has 2 heterocycles. The van der Waals surface area contributed by atoms with Crippen LogP contribution in [0.15, 0.2) is 42.7 Å². The Labute approximate surface area is 119 Å². The molecule has 0 bridgehead atoms. The number of aromatic nitrogens is 2. The molecule has 0 amide bonds. The van der Waals surface area contributed by atoms with Crippen molar-refractivity contribution in [3.63, 3.8) is 0 Å². The first kappa shape index (κ1) is 13.1. The molecule has 3 heteroatoms. The number of pyridine rings is 1. The Hall–Kier alpha value is -1.87. The van der Waals surface area contributed by atoms with Gasteiger partial charge in [-0.25, -0.2) is 0 Å². The lowest BCUT2D eigenvalue weighted by Gasteiger charge is -2.10. The van der Waals surface area contributed by atoms with E-state index in [0.29, 0.717) is 0 Å². The minimum atomic E-state index is 1.06. The summed E-state index contributed by atoms with van der Waals surface area (Å²) in [6.07, 6.45) is 6.29. The maximum Gasteiger partial charge on any atom is 0.0677 e. The molecule has 3 aromatic rings. The first-order valence-corrected chi connectivity index (χ1v) is 7.23. The molecular weight excluding hydrogens is 246 g/mol. The first-order chi connectivity index (χ1) is 9.77. The lowest BCUT2D eigenvalue weighted by molar-refractivity contribution is 0.389. The van der Waals surface area contributed by atoms with Crippen molar-refractivity contribution in [3.05, 3.63) is 42.7 Å². The highest BCUT2D eigenvalue weighted by Crippen LogP contribution is 2.28. The van der Waals surface area contributed by atoms with Crippen molar-refractivity contribution in [2.45, 2.75) is 19.4 Å². The molecule has 2 aromatic heterocycles. The first-order valence-electron chi connectivity index (χ1n) is 7.23. The van der Waals surface area contributed by atoms with Crippen LogP contribution in [-0.4, -0.2) is 35.1 Å². The van der Waals surface area contributed by atoms with Gasteiger partial charge < -0.3 is 9.47 Å². The molecule has 0 saturated carbocycles. The maximum atomic E-state index is 4.30. The average Bonchev–Trinajstić information content (AvgIpc) is 2.78. The normalized spacial score (nSPS) is 11.8. The van der Waals surface area contributed by atoms with Crippen LogP contribution in [0.4, 0.5) is 0 Å². The summed E-state index contributed by atoms with van der Waals surface area (Å²) < 4.78 is 2.41. The summed E-state index contributed by atoms with van der Waals surface area (Å²) in [5.74, 6) is 0. The lowest BCUT2D eigenvalue weighted by Crippen LogP contribution is -2.13. The molecule has 0 spiro atoms. The quantitative estimate of drug-likeness (QED) is 0.659. The number of unbranched alkanes of at least 4 members (excludes halogenated alkanes) is 1. The average molecular weight is 267 g/mol. The molecular formula is C17H21N3. The van der Waals surface area contributed by atoms with E-state index in [1.807, 2.05) is 12.4 Å². The van der Waals surface area contributed by atoms with Gasteiger partial charge in [0.2, 0.25) is 0 Å². The number of rotatable bonds is 5. The monoisotopic (exact) mass is 267 g/mol. The van der Waals surface area contributed by atoms with E-state index < -0.39 is 0 Å². The van der Waals surface area contributed by atoms with E-state index in [2.05, 4.69) is 58.9 Å². The van der Waals surface area contributed by atoms with Crippen molar-refractivity contribution in [2.24, 2.45) is 0 Å². The van der Waals surface area contributed by atoms with E-state index in [1.165, 1.54) is 34.6 Å². The predicted octanol–water partition coefficient (Wildman–Crippen LogP) is 3.53. The number of nitrogens with zero attached hydrogens (tertiary/aromatic N) is 3. The van der Waals surface area contributed by atoms with E-state index in [-0.39, 0.29) is 0 Å². The summed E-state index contributed by atoms with van der Waals surface area (Å²) in [4.78, 5) is 6.54. The van der Waals surface area contributed by atoms with E-state index >= 15 is 0 Å². The van der Waals surface area contributed by atoms with Gasteiger partial charge in [-0.1, -0.05) is 18.2 Å². The Morgan fingerprint density at radius 3 is 2.65 bits per heavy atom. The Balaban J connectivity index is 1.95. The van der Waals surface area contributed by atoms with Gasteiger partial charge in [-0.05, 0) is 45.6 Å². The maximum absolute atomic E-state index is 4.30. The van der Waals surface area contributed by atoms with Gasteiger partial charge >= 0.3 is 0 Å². The van der Waals surface area contributed by atoms with Crippen LogP contribution in [0.1, 0.15) is 12.8 Å². The SMILES string of the molecule is CN(C)CCCCn1c2ccccc2c2ccncc21. The Bertz CT molecular complexity index is 659. The molecule has 0 N–H and O–H groups in total. The number of benzene rings is 1. The van der Waals surface area contributed by atoms with E-state index in [0.717, 1.165) is 13.1 Å². The number of para-hydroxylation sites is 1. The molecule has 0 saturated heterocycles. The Morgan fingerprint density at radius 2 is 1.80 bits per heavy atom. The topological polar surface area (TPSA) is 21.1 Å². The molecule has 3 rings (SSSR count). The Morgan fingerprint density at radius 1 is 1.00 bits per heavy atom. The van der Waals surface area contributed by atoms with Crippen molar-refractivity contribution in [3.8, 4) is 0 Å². The predicted molar refractivity (Wildman–Crippen MR) is 85.0 cm³/mol. The third-order valence-electron chi connectivity index (χ3n) is 3.81. The fourth-order valence-electron chi connectivity index (χ4n) is 2.83. The van der Waals surface area contributed by atoms with Gasteiger partial charge in [-0.15, -0.1) is 0 Å². The van der Waals surface area contributed by atoms with Crippen LogP contribution in [0.5, 0.6) is 0 Å². The van der Waals surface area contributed by atoms with E-state index in [1.54, 1.807) is 0 Å². The smallest absolute Gasteiger partial charge is 0.0677 e. The zero-order valence-corrected chi connectivity index (χ0v) is 12.2. The van der Waals surface area contributed by atoms with Crippen LogP contribution >= 0.6 is 0 Å². The molecule has 20 heavy (non-hydrogen) atoms. The summed E-state index contributed by atoms with van der Waals surface area (Å²) in [5.41, 5.74) is 2.57. The molecule has 0 aliphatic heterocycles. The van der Waals surface area contributed by atoms with Crippen molar-refractivity contribution in [2.75, 3.05) is 20.6 Å². The van der Waals surface area contributed by atoms with Crippen LogP contribution in [0, 0.1) is 0 Å². The molecule has 3 nitrogen and oxygen atoms in total. The van der Waals surface area contributed by atoms with Crippen LogP contribution < -0.4 is 0 Å². The highest BCUT2D eigenvalue weighted by molar-refractivity contribution is 6.07. The molecule has 0 aliphatic carbocycles. The lowest BCUT2D eigenvalue weighted by atomic mass is 10.2. The van der Waals surface area contributed by atoms with Gasteiger partial charge in [-0.2, -0.15) is 0 Å². The third kappa shape index (κ3) is 2.41. The third-order valence-corrected chi connectivity index (χ3v) is 3.81. The number of hydrogen-bond donors (Lipinski definition) is 0. The summed E-state index contributed by atoms with van der Waals surface area (Å²) in [5, 5.41) is 2.64. The second-order valence-electron chi connectivity index (χ2n) is 5.57. The van der Waals surface area contributed by atoms with Crippen LogP contribution in [0.25, 0.3) is 21.8 Å². The highest BCUT2D eigenvalue weighted by atomic mass is 15.0. The molecule has 0 radical (unpaired) electrons. The van der Waals surface area contributed by atoms with Crippen LogP contribution in [0.3, 0.4) is 0 Å². The zero-order chi connectivity index (χ0) is 13.9. The zero-order valence-electron chi connectivity index (χ0n) is 12.2. The van der Waals surface area contributed by atoms with Gasteiger partial charge in [0.25, 0.3) is 0 Å². The van der Waals surface area contributed by atoms with Crippen LogP contribution in [-0.2, 0) is 6.54 Å². The van der Waals surface area contributed by atoms with Gasteiger partial charge in [0.1, 0.15) is 0 Å². The van der Waals surface area contributed by atoms with Crippen molar-refractivity contribution >= 4 is 21.8 Å². The fourth-order valence-corrected chi connectivity index (χ4v) is 2.83. The Kier molecular flexibility index (Phi) is 3.70. The number of fused-ring (bicyclic) bond motifs is 3. The van der Waals surface area contributed by atoms with Gasteiger partial charge in [0, 0.05) is 29.0 Å². The van der Waals surface area contributed by atoms with Crippen molar-refractivity contribution in [1.82, 2.24) is 14.5 Å². The summed E-state index contributed by atoms with van der Waals surface area (Å²) in [6, 6.07) is 10.8. The molecule has 0 fully saturated rings. The second-order valence-corrected chi connectivity index (χ2v) is 5.57. The summed E-state index contributed by atoms with van der Waals surface area (Å²) in [6.45, 7) is 2.21. The minimum absolute atomic E-state index is 1.06.